The molecule has 0 radical (unpaired) electrons. The number of aliphatic hydroxyl groups is 1. The second-order valence-electron chi connectivity index (χ2n) is 10.5. The summed E-state index contributed by atoms with van der Waals surface area (Å²) in [5.74, 6) is -0.849. The summed E-state index contributed by atoms with van der Waals surface area (Å²) < 4.78 is 5.56. The van der Waals surface area contributed by atoms with E-state index in [1.54, 1.807) is 12.0 Å². The minimum atomic E-state index is -0.625. The van der Waals surface area contributed by atoms with E-state index in [-0.39, 0.29) is 22.8 Å². The number of carbonyl (C=O) groups is 2. The predicted molar refractivity (Wildman–Crippen MR) is 134 cm³/mol. The fourth-order valence-electron chi connectivity index (χ4n) is 5.29. The first-order chi connectivity index (χ1) is 16.1. The lowest BCUT2D eigenvalue weighted by molar-refractivity contribution is -0.141. The van der Waals surface area contributed by atoms with Gasteiger partial charge >= 0.3 is 0 Å². The summed E-state index contributed by atoms with van der Waals surface area (Å²) in [5, 5.41) is 11.6. The van der Waals surface area contributed by atoms with E-state index in [0.717, 1.165) is 48.8 Å². The zero-order valence-electron chi connectivity index (χ0n) is 20.9. The molecule has 34 heavy (non-hydrogen) atoms. The molecule has 2 fully saturated rings. The number of nitrogens with zero attached hydrogens (tertiary/aromatic N) is 1. The minimum Gasteiger partial charge on any atom is -0.507 e. The highest BCUT2D eigenvalue weighted by Crippen LogP contribution is 2.45. The Labute approximate surface area is 202 Å². The SMILES string of the molecule is COc1ccc(C(C)(C)C)cc1/C(O)=C1\C(=O)C(=O)N(C2CCCCC2)C1c1ccccc1C. The van der Waals surface area contributed by atoms with E-state index < -0.39 is 17.7 Å². The number of likely N-dealkylation sites (tertiary alicyclic amines) is 1. The van der Waals surface area contributed by atoms with Crippen molar-refractivity contribution in [3.8, 4) is 5.75 Å². The molecule has 180 valence electrons. The Morgan fingerprint density at radius 3 is 2.32 bits per heavy atom. The Morgan fingerprint density at radius 2 is 1.71 bits per heavy atom. The zero-order chi connectivity index (χ0) is 24.6. The quantitative estimate of drug-likeness (QED) is 0.342. The smallest absolute Gasteiger partial charge is 0.295 e. The lowest BCUT2D eigenvalue weighted by Gasteiger charge is -2.36. The standard InChI is InChI=1S/C29H35NO4/c1-18-11-9-10-14-21(18)25-24(27(32)28(33)30(25)20-12-7-6-8-13-20)26(31)22-17-19(29(2,3)4)15-16-23(22)34-5/h9-11,14-17,20,25,31H,6-8,12-13H2,1-5H3/b26-24+. The summed E-state index contributed by atoms with van der Waals surface area (Å²) in [7, 11) is 1.54. The van der Waals surface area contributed by atoms with Gasteiger partial charge in [0.2, 0.25) is 0 Å². The molecular weight excluding hydrogens is 426 g/mol. The van der Waals surface area contributed by atoms with Gasteiger partial charge in [-0.1, -0.05) is 70.4 Å². The van der Waals surface area contributed by atoms with Crippen LogP contribution in [-0.2, 0) is 15.0 Å². The highest BCUT2D eigenvalue weighted by Gasteiger charge is 2.49. The fourth-order valence-corrected chi connectivity index (χ4v) is 5.29. The molecule has 1 aliphatic heterocycles. The summed E-state index contributed by atoms with van der Waals surface area (Å²) in [6.07, 6.45) is 4.97. The monoisotopic (exact) mass is 461 g/mol. The van der Waals surface area contributed by atoms with Gasteiger partial charge in [0, 0.05) is 6.04 Å². The molecule has 1 heterocycles. The molecule has 5 heteroatoms. The second-order valence-corrected chi connectivity index (χ2v) is 10.5. The summed E-state index contributed by atoms with van der Waals surface area (Å²) in [6, 6.07) is 12.8. The molecule has 1 aliphatic carbocycles. The van der Waals surface area contributed by atoms with Crippen LogP contribution in [0.2, 0.25) is 0 Å². The molecule has 5 nitrogen and oxygen atoms in total. The van der Waals surface area contributed by atoms with Crippen molar-refractivity contribution in [3.05, 3.63) is 70.3 Å². The van der Waals surface area contributed by atoms with Crippen LogP contribution in [0, 0.1) is 6.92 Å². The van der Waals surface area contributed by atoms with Crippen molar-refractivity contribution in [3.63, 3.8) is 0 Å². The molecule has 1 N–H and O–H groups in total. The number of methoxy groups -OCH3 is 1. The number of aryl methyl sites for hydroxylation is 1. The summed E-state index contributed by atoms with van der Waals surface area (Å²) in [4.78, 5) is 28.7. The Kier molecular flexibility index (Phi) is 6.57. The van der Waals surface area contributed by atoms with E-state index in [0.29, 0.717) is 11.3 Å². The highest BCUT2D eigenvalue weighted by molar-refractivity contribution is 6.46. The van der Waals surface area contributed by atoms with Crippen LogP contribution in [0.3, 0.4) is 0 Å². The van der Waals surface area contributed by atoms with Crippen LogP contribution in [0.5, 0.6) is 5.75 Å². The lowest BCUT2D eigenvalue weighted by atomic mass is 9.85. The number of carbonyl (C=O) groups excluding carboxylic acids is 2. The number of rotatable bonds is 4. The van der Waals surface area contributed by atoms with E-state index in [9.17, 15) is 14.7 Å². The van der Waals surface area contributed by atoms with E-state index in [1.165, 1.54) is 0 Å². The highest BCUT2D eigenvalue weighted by atomic mass is 16.5. The second kappa shape index (κ2) is 9.28. The molecule has 1 amide bonds. The number of hydrogen-bond acceptors (Lipinski definition) is 4. The van der Waals surface area contributed by atoms with Gasteiger partial charge in [-0.25, -0.2) is 0 Å². The van der Waals surface area contributed by atoms with Crippen LogP contribution in [0.1, 0.15) is 81.2 Å². The Bertz CT molecular complexity index is 1140. The normalized spacial score (nSPS) is 21.2. The molecule has 2 aromatic carbocycles. The number of aliphatic hydroxyl groups excluding tert-OH is 1. The maximum Gasteiger partial charge on any atom is 0.295 e. The maximum atomic E-state index is 13.5. The summed E-state index contributed by atoms with van der Waals surface area (Å²) >= 11 is 0. The third kappa shape index (κ3) is 4.24. The average molecular weight is 462 g/mol. The molecule has 1 atom stereocenters. The molecule has 2 aliphatic rings. The van der Waals surface area contributed by atoms with Gasteiger partial charge in [0.25, 0.3) is 11.7 Å². The number of ether oxygens (including phenoxy) is 1. The van der Waals surface area contributed by atoms with Crippen molar-refractivity contribution in [2.24, 2.45) is 0 Å². The van der Waals surface area contributed by atoms with Gasteiger partial charge in [-0.2, -0.15) is 0 Å². The van der Waals surface area contributed by atoms with Crippen LogP contribution in [0.15, 0.2) is 48.0 Å². The van der Waals surface area contributed by atoms with Gasteiger partial charge in [-0.05, 0) is 54.0 Å². The number of amides is 1. The minimum absolute atomic E-state index is 0.0112. The number of benzene rings is 2. The van der Waals surface area contributed by atoms with Gasteiger partial charge in [0.15, 0.2) is 0 Å². The van der Waals surface area contributed by atoms with Crippen LogP contribution in [0.25, 0.3) is 5.76 Å². The van der Waals surface area contributed by atoms with Crippen LogP contribution < -0.4 is 4.74 Å². The van der Waals surface area contributed by atoms with Gasteiger partial charge in [0.1, 0.15) is 11.5 Å². The molecule has 0 aromatic heterocycles. The largest absolute Gasteiger partial charge is 0.507 e. The Hall–Kier alpha value is -3.08. The van der Waals surface area contributed by atoms with Crippen LogP contribution in [0.4, 0.5) is 0 Å². The van der Waals surface area contributed by atoms with Crippen molar-refractivity contribution >= 4 is 17.4 Å². The topological polar surface area (TPSA) is 66.8 Å². The van der Waals surface area contributed by atoms with Crippen molar-refractivity contribution in [1.82, 2.24) is 4.90 Å². The van der Waals surface area contributed by atoms with Gasteiger partial charge in [-0.15, -0.1) is 0 Å². The molecule has 1 saturated heterocycles. The first kappa shape index (κ1) is 24.1. The third-order valence-electron chi connectivity index (χ3n) is 7.25. The van der Waals surface area contributed by atoms with Gasteiger partial charge in [-0.3, -0.25) is 9.59 Å². The number of ketones is 1. The molecule has 4 rings (SSSR count). The molecule has 0 spiro atoms. The molecule has 1 saturated carbocycles. The summed E-state index contributed by atoms with van der Waals surface area (Å²) in [5.41, 5.74) is 3.29. The van der Waals surface area contributed by atoms with Gasteiger partial charge in [0.05, 0.1) is 24.3 Å². The Balaban J connectivity index is 1.95. The number of hydrogen-bond donors (Lipinski definition) is 1. The van der Waals surface area contributed by atoms with E-state index >= 15 is 0 Å². The molecular formula is C29H35NO4. The van der Waals surface area contributed by atoms with E-state index in [4.69, 9.17) is 4.74 Å². The third-order valence-corrected chi connectivity index (χ3v) is 7.25. The maximum absolute atomic E-state index is 13.5. The average Bonchev–Trinajstić information content (AvgIpc) is 3.08. The van der Waals surface area contributed by atoms with Crippen molar-refractivity contribution in [2.75, 3.05) is 7.11 Å². The van der Waals surface area contributed by atoms with Gasteiger partial charge < -0.3 is 14.7 Å². The van der Waals surface area contributed by atoms with Crippen molar-refractivity contribution < 1.29 is 19.4 Å². The predicted octanol–water partition coefficient (Wildman–Crippen LogP) is 6.06. The van der Waals surface area contributed by atoms with Crippen LogP contribution >= 0.6 is 0 Å². The Morgan fingerprint density at radius 1 is 1.03 bits per heavy atom. The fraction of sp³-hybridized carbons (Fsp3) is 0.448. The molecule has 1 unspecified atom stereocenters. The zero-order valence-corrected chi connectivity index (χ0v) is 20.9. The first-order valence-corrected chi connectivity index (χ1v) is 12.2. The van der Waals surface area contributed by atoms with E-state index in [2.05, 4.69) is 20.8 Å². The lowest BCUT2D eigenvalue weighted by Crippen LogP contribution is -2.40. The van der Waals surface area contributed by atoms with Crippen molar-refractivity contribution in [1.29, 1.82) is 0 Å². The first-order valence-electron chi connectivity index (χ1n) is 12.2. The molecule has 0 bridgehead atoms. The molecule has 2 aromatic rings. The number of Topliss-reactive ketones (excluding diaryl/α,β-unsaturated/α-hetero) is 1. The van der Waals surface area contributed by atoms with Crippen molar-refractivity contribution in [2.45, 2.75) is 77.3 Å². The van der Waals surface area contributed by atoms with E-state index in [1.807, 2.05) is 49.4 Å². The summed E-state index contributed by atoms with van der Waals surface area (Å²) in [6.45, 7) is 8.26. The van der Waals surface area contributed by atoms with Crippen LogP contribution in [-0.4, -0.2) is 34.8 Å².